The predicted molar refractivity (Wildman–Crippen MR) is 90.8 cm³/mol. The number of halogens is 4. The van der Waals surface area contributed by atoms with Crippen molar-refractivity contribution >= 4 is 28.6 Å². The number of hydrogen-bond acceptors (Lipinski definition) is 5. The molecule has 0 saturated carbocycles. The van der Waals surface area contributed by atoms with Crippen LogP contribution >= 0.6 is 11.6 Å². The number of nitrogens with zero attached hydrogens (tertiary/aromatic N) is 3. The minimum absolute atomic E-state index is 0.0593. The van der Waals surface area contributed by atoms with Gasteiger partial charge in [-0.05, 0) is 37.3 Å². The fraction of sp³-hybridized carbons (Fsp3) is 0.235. The van der Waals surface area contributed by atoms with Gasteiger partial charge in [0.15, 0.2) is 0 Å². The number of alkyl halides is 3. The molecule has 0 aliphatic carbocycles. The molecule has 0 saturated heterocycles. The zero-order valence-electron chi connectivity index (χ0n) is 14.1. The molecule has 0 radical (unpaired) electrons. The first-order valence-electron chi connectivity index (χ1n) is 7.68. The van der Waals surface area contributed by atoms with Gasteiger partial charge in [0.2, 0.25) is 0 Å². The molecular weight excluding hydrogens is 387 g/mol. The SMILES string of the molecule is COC(=O)C(C)n1nnc2ccc(Oc3ccc(C(F)(F)F)cc3Cl)cc21. The van der Waals surface area contributed by atoms with Gasteiger partial charge < -0.3 is 9.47 Å². The van der Waals surface area contributed by atoms with Crippen LogP contribution in [0.2, 0.25) is 5.02 Å². The molecule has 0 aliphatic heterocycles. The van der Waals surface area contributed by atoms with Crippen LogP contribution in [-0.4, -0.2) is 28.1 Å². The molecule has 2 aromatic carbocycles. The van der Waals surface area contributed by atoms with E-state index >= 15 is 0 Å². The summed E-state index contributed by atoms with van der Waals surface area (Å²) in [5.41, 5.74) is 0.134. The van der Waals surface area contributed by atoms with Crippen LogP contribution in [0, 0.1) is 0 Å². The number of carbonyl (C=O) groups is 1. The zero-order valence-corrected chi connectivity index (χ0v) is 14.9. The van der Waals surface area contributed by atoms with Gasteiger partial charge in [0.05, 0.1) is 23.2 Å². The van der Waals surface area contributed by atoms with Gasteiger partial charge in [0, 0.05) is 6.07 Å². The molecule has 1 unspecified atom stereocenters. The Kier molecular flexibility index (Phi) is 4.97. The van der Waals surface area contributed by atoms with Gasteiger partial charge in [-0.1, -0.05) is 16.8 Å². The van der Waals surface area contributed by atoms with Crippen LogP contribution in [0.3, 0.4) is 0 Å². The van der Waals surface area contributed by atoms with Crippen molar-refractivity contribution in [3.05, 3.63) is 47.0 Å². The Labute approximate surface area is 156 Å². The molecule has 3 rings (SSSR count). The van der Waals surface area contributed by atoms with Crippen molar-refractivity contribution in [2.75, 3.05) is 7.11 Å². The highest BCUT2D eigenvalue weighted by atomic mass is 35.5. The second-order valence-corrected chi connectivity index (χ2v) is 6.04. The van der Waals surface area contributed by atoms with Crippen LogP contribution in [-0.2, 0) is 15.7 Å². The molecule has 10 heteroatoms. The normalized spacial score (nSPS) is 12.8. The monoisotopic (exact) mass is 399 g/mol. The van der Waals surface area contributed by atoms with E-state index in [1.54, 1.807) is 25.1 Å². The molecule has 1 aromatic heterocycles. The standard InChI is InChI=1S/C17H13ClF3N3O3/c1-9(16(25)26-2)24-14-8-11(4-5-13(14)22-23-24)27-15-6-3-10(7-12(15)18)17(19,20)21/h3-9H,1-2H3. The molecule has 27 heavy (non-hydrogen) atoms. The average molecular weight is 400 g/mol. The maximum absolute atomic E-state index is 12.7. The van der Waals surface area contributed by atoms with Crippen molar-refractivity contribution < 1.29 is 27.4 Å². The minimum Gasteiger partial charge on any atom is -0.467 e. The van der Waals surface area contributed by atoms with Gasteiger partial charge in [-0.25, -0.2) is 9.48 Å². The van der Waals surface area contributed by atoms with E-state index < -0.39 is 23.8 Å². The van der Waals surface area contributed by atoms with E-state index in [1.807, 2.05) is 0 Å². The number of fused-ring (bicyclic) bond motifs is 1. The molecule has 3 aromatic rings. The predicted octanol–water partition coefficient (Wildman–Crippen LogP) is 4.63. The van der Waals surface area contributed by atoms with E-state index in [0.717, 1.165) is 18.2 Å². The molecule has 1 heterocycles. The third-order valence-electron chi connectivity index (χ3n) is 3.84. The Bertz CT molecular complexity index is 1000. The largest absolute Gasteiger partial charge is 0.467 e. The lowest BCUT2D eigenvalue weighted by Gasteiger charge is -2.12. The summed E-state index contributed by atoms with van der Waals surface area (Å²) in [6.45, 7) is 1.60. The molecule has 142 valence electrons. The van der Waals surface area contributed by atoms with Gasteiger partial charge in [-0.2, -0.15) is 13.2 Å². The van der Waals surface area contributed by atoms with E-state index in [9.17, 15) is 18.0 Å². The van der Waals surface area contributed by atoms with Crippen molar-refractivity contribution in [1.82, 2.24) is 15.0 Å². The molecule has 0 aliphatic rings. The van der Waals surface area contributed by atoms with Crippen molar-refractivity contribution in [2.45, 2.75) is 19.1 Å². The van der Waals surface area contributed by atoms with Crippen molar-refractivity contribution in [3.63, 3.8) is 0 Å². The number of rotatable bonds is 4. The van der Waals surface area contributed by atoms with Crippen LogP contribution < -0.4 is 4.74 Å². The number of carbonyl (C=O) groups excluding carboxylic acids is 1. The minimum atomic E-state index is -4.50. The zero-order chi connectivity index (χ0) is 19.8. The summed E-state index contributed by atoms with van der Waals surface area (Å²) in [5, 5.41) is 7.71. The first-order chi connectivity index (χ1) is 12.7. The molecular formula is C17H13ClF3N3O3. The highest BCUT2D eigenvalue weighted by Crippen LogP contribution is 2.36. The lowest BCUT2D eigenvalue weighted by Crippen LogP contribution is -2.18. The van der Waals surface area contributed by atoms with Gasteiger partial charge in [-0.15, -0.1) is 5.10 Å². The lowest BCUT2D eigenvalue weighted by atomic mass is 10.2. The van der Waals surface area contributed by atoms with Crippen LogP contribution in [0.25, 0.3) is 11.0 Å². The second kappa shape index (κ2) is 7.07. The third kappa shape index (κ3) is 3.82. The third-order valence-corrected chi connectivity index (χ3v) is 4.13. The Balaban J connectivity index is 1.93. The highest BCUT2D eigenvalue weighted by molar-refractivity contribution is 6.32. The van der Waals surface area contributed by atoms with Crippen LogP contribution in [0.1, 0.15) is 18.5 Å². The molecule has 0 bridgehead atoms. The summed E-state index contributed by atoms with van der Waals surface area (Å²) in [6.07, 6.45) is -4.50. The van der Waals surface area contributed by atoms with E-state index in [4.69, 9.17) is 21.1 Å². The summed E-state index contributed by atoms with van der Waals surface area (Å²) in [5.74, 6) is -0.146. The summed E-state index contributed by atoms with van der Waals surface area (Å²) in [6, 6.07) is 6.83. The van der Waals surface area contributed by atoms with Crippen molar-refractivity contribution in [3.8, 4) is 11.5 Å². The fourth-order valence-electron chi connectivity index (χ4n) is 2.42. The maximum atomic E-state index is 12.7. The Morgan fingerprint density at radius 2 is 1.96 bits per heavy atom. The second-order valence-electron chi connectivity index (χ2n) is 5.63. The molecule has 1 atom stereocenters. The number of benzene rings is 2. The van der Waals surface area contributed by atoms with E-state index in [-0.39, 0.29) is 10.8 Å². The van der Waals surface area contributed by atoms with E-state index in [1.165, 1.54) is 11.8 Å². The summed E-state index contributed by atoms with van der Waals surface area (Å²) in [4.78, 5) is 11.7. The molecule has 0 amide bonds. The Morgan fingerprint density at radius 1 is 1.22 bits per heavy atom. The maximum Gasteiger partial charge on any atom is 0.416 e. The van der Waals surface area contributed by atoms with Crippen molar-refractivity contribution in [1.29, 1.82) is 0 Å². The number of methoxy groups -OCH3 is 1. The summed E-state index contributed by atoms with van der Waals surface area (Å²) < 4.78 is 49.8. The van der Waals surface area contributed by atoms with Crippen LogP contribution in [0.5, 0.6) is 11.5 Å². The first kappa shape index (κ1) is 19.0. The summed E-state index contributed by atoms with van der Waals surface area (Å²) >= 11 is 5.91. The Morgan fingerprint density at radius 3 is 2.59 bits per heavy atom. The van der Waals surface area contributed by atoms with E-state index in [2.05, 4.69) is 10.3 Å². The molecule has 0 spiro atoms. The Hall–Kier alpha value is -2.81. The quantitative estimate of drug-likeness (QED) is 0.598. The van der Waals surface area contributed by atoms with Gasteiger partial charge in [0.1, 0.15) is 23.1 Å². The smallest absolute Gasteiger partial charge is 0.416 e. The number of esters is 1. The number of aromatic nitrogens is 3. The number of ether oxygens (including phenoxy) is 2. The number of hydrogen-bond donors (Lipinski definition) is 0. The van der Waals surface area contributed by atoms with Crippen LogP contribution in [0.15, 0.2) is 36.4 Å². The first-order valence-corrected chi connectivity index (χ1v) is 8.06. The molecule has 0 N–H and O–H groups in total. The fourth-order valence-corrected chi connectivity index (χ4v) is 2.64. The van der Waals surface area contributed by atoms with Crippen LogP contribution in [0.4, 0.5) is 13.2 Å². The highest BCUT2D eigenvalue weighted by Gasteiger charge is 2.31. The lowest BCUT2D eigenvalue weighted by molar-refractivity contribution is -0.144. The van der Waals surface area contributed by atoms with Gasteiger partial charge in [0.25, 0.3) is 0 Å². The van der Waals surface area contributed by atoms with Crippen molar-refractivity contribution in [2.24, 2.45) is 0 Å². The average Bonchev–Trinajstić information content (AvgIpc) is 3.04. The topological polar surface area (TPSA) is 66.2 Å². The molecule has 6 nitrogen and oxygen atoms in total. The van der Waals surface area contributed by atoms with Gasteiger partial charge in [-0.3, -0.25) is 0 Å². The van der Waals surface area contributed by atoms with E-state index in [0.29, 0.717) is 16.8 Å². The van der Waals surface area contributed by atoms with Gasteiger partial charge >= 0.3 is 12.1 Å². The molecule has 0 fully saturated rings. The summed E-state index contributed by atoms with van der Waals surface area (Å²) in [7, 11) is 1.26.